The number of nitrogens with one attached hydrogen (secondary N) is 1. The molecule has 0 radical (unpaired) electrons. The Bertz CT molecular complexity index is 832. The van der Waals surface area contributed by atoms with Crippen molar-refractivity contribution in [1.82, 2.24) is 14.8 Å². The topological polar surface area (TPSA) is 88.0 Å². The maximum atomic E-state index is 11.9. The van der Waals surface area contributed by atoms with Gasteiger partial charge in [-0.05, 0) is 23.6 Å². The van der Waals surface area contributed by atoms with E-state index in [1.54, 1.807) is 18.2 Å². The van der Waals surface area contributed by atoms with E-state index in [2.05, 4.69) is 10.1 Å². The lowest BCUT2D eigenvalue weighted by Crippen LogP contribution is -2.11. The molecule has 6 heteroatoms. The molecule has 0 saturated carbocycles. The number of aromatic amines is 1. The van der Waals surface area contributed by atoms with Crippen molar-refractivity contribution in [2.24, 2.45) is 0 Å². The third-order valence-corrected chi connectivity index (χ3v) is 2.79. The smallest absolute Gasteiger partial charge is 0.356 e. The maximum absolute atomic E-state index is 11.9. The average molecular weight is 255 g/mol. The van der Waals surface area contributed by atoms with Crippen LogP contribution >= 0.6 is 0 Å². The Morgan fingerprint density at radius 3 is 2.79 bits per heavy atom. The molecule has 0 amide bonds. The fraction of sp³-hybridized carbons (Fsp3) is 0. The molecule has 2 heterocycles. The number of hydrogen-bond donors (Lipinski definition) is 2. The lowest BCUT2D eigenvalue weighted by Gasteiger charge is -2.03. The van der Waals surface area contributed by atoms with Crippen LogP contribution in [0.4, 0.5) is 0 Å². The van der Waals surface area contributed by atoms with Crippen LogP contribution < -0.4 is 5.56 Å². The van der Waals surface area contributed by atoms with Crippen molar-refractivity contribution in [3.63, 3.8) is 0 Å². The molecule has 3 rings (SSSR count). The highest BCUT2D eigenvalue weighted by Gasteiger charge is 2.09. The van der Waals surface area contributed by atoms with Gasteiger partial charge in [0.1, 0.15) is 5.82 Å². The zero-order chi connectivity index (χ0) is 13.4. The van der Waals surface area contributed by atoms with Gasteiger partial charge in [-0.2, -0.15) is 5.10 Å². The van der Waals surface area contributed by atoms with Crippen LogP contribution in [-0.4, -0.2) is 25.8 Å². The quantitative estimate of drug-likeness (QED) is 0.724. The molecule has 0 unspecified atom stereocenters. The Morgan fingerprint density at radius 1 is 1.26 bits per heavy atom. The summed E-state index contributed by atoms with van der Waals surface area (Å²) < 4.78 is 1.33. The number of hydrogen-bond acceptors (Lipinski definition) is 3. The molecule has 2 N–H and O–H groups in total. The molecule has 0 saturated heterocycles. The molecule has 0 fully saturated rings. The molecule has 0 spiro atoms. The van der Waals surface area contributed by atoms with Crippen LogP contribution in [0.2, 0.25) is 0 Å². The third kappa shape index (κ3) is 1.89. The zero-order valence-corrected chi connectivity index (χ0v) is 9.70. The van der Waals surface area contributed by atoms with Crippen molar-refractivity contribution in [2.45, 2.75) is 0 Å². The molecule has 6 nitrogen and oxygen atoms in total. The molecular formula is C13H9N3O3. The highest BCUT2D eigenvalue weighted by molar-refractivity contribution is 5.85. The Kier molecular flexibility index (Phi) is 2.42. The van der Waals surface area contributed by atoms with E-state index in [1.165, 1.54) is 16.9 Å². The normalized spacial score (nSPS) is 10.7. The van der Waals surface area contributed by atoms with E-state index in [0.29, 0.717) is 11.2 Å². The Hall–Kier alpha value is -2.89. The van der Waals surface area contributed by atoms with Crippen molar-refractivity contribution in [1.29, 1.82) is 0 Å². The SMILES string of the molecule is O=C(O)c1ccn(-c2cc3ccccc3c(=O)[nH]2)n1. The van der Waals surface area contributed by atoms with Gasteiger partial charge in [-0.3, -0.25) is 4.79 Å². The largest absolute Gasteiger partial charge is 0.476 e. The average Bonchev–Trinajstić information content (AvgIpc) is 2.88. The number of aromatic carboxylic acids is 1. The van der Waals surface area contributed by atoms with Gasteiger partial charge in [0.15, 0.2) is 5.69 Å². The first-order chi connectivity index (χ1) is 9.15. The van der Waals surface area contributed by atoms with Gasteiger partial charge in [0, 0.05) is 11.6 Å². The fourth-order valence-corrected chi connectivity index (χ4v) is 1.89. The number of H-pyrrole nitrogens is 1. The summed E-state index contributed by atoms with van der Waals surface area (Å²) in [5.74, 6) is -0.682. The molecule has 0 atom stereocenters. The van der Waals surface area contributed by atoms with Crippen LogP contribution in [0, 0.1) is 0 Å². The molecule has 0 aliphatic rings. The van der Waals surface area contributed by atoms with E-state index in [0.717, 1.165) is 5.39 Å². The van der Waals surface area contributed by atoms with E-state index in [-0.39, 0.29) is 11.3 Å². The molecule has 2 aromatic heterocycles. The number of aromatic nitrogens is 3. The first-order valence-electron chi connectivity index (χ1n) is 5.56. The summed E-state index contributed by atoms with van der Waals surface area (Å²) in [4.78, 5) is 25.3. The summed E-state index contributed by atoms with van der Waals surface area (Å²) in [6, 6.07) is 10.3. The lowest BCUT2D eigenvalue weighted by atomic mass is 10.2. The number of carbonyl (C=O) groups is 1. The van der Waals surface area contributed by atoms with Gasteiger partial charge in [0.2, 0.25) is 0 Å². The summed E-state index contributed by atoms with van der Waals surface area (Å²) in [6.07, 6.45) is 1.49. The molecule has 94 valence electrons. The molecule has 0 aliphatic heterocycles. The number of fused-ring (bicyclic) bond motifs is 1. The standard InChI is InChI=1S/C13H9N3O3/c17-12-9-4-2-1-3-8(9)7-11(14-12)16-6-5-10(15-16)13(18)19/h1-7H,(H,14,17)(H,18,19). The summed E-state index contributed by atoms with van der Waals surface area (Å²) >= 11 is 0. The first-order valence-corrected chi connectivity index (χ1v) is 5.56. The number of carboxylic acid groups (broad SMARTS) is 1. The summed E-state index contributed by atoms with van der Waals surface area (Å²) in [7, 11) is 0. The lowest BCUT2D eigenvalue weighted by molar-refractivity contribution is 0.0690. The minimum Gasteiger partial charge on any atom is -0.476 e. The number of benzene rings is 1. The number of rotatable bonds is 2. The summed E-state index contributed by atoms with van der Waals surface area (Å²) in [5.41, 5.74) is -0.311. The predicted molar refractivity (Wildman–Crippen MR) is 68.7 cm³/mol. The van der Waals surface area contributed by atoms with Crippen molar-refractivity contribution < 1.29 is 9.90 Å². The highest BCUT2D eigenvalue weighted by atomic mass is 16.4. The van der Waals surface area contributed by atoms with Gasteiger partial charge < -0.3 is 10.1 Å². The maximum Gasteiger partial charge on any atom is 0.356 e. The van der Waals surface area contributed by atoms with Gasteiger partial charge in [-0.25, -0.2) is 9.48 Å². The van der Waals surface area contributed by atoms with Gasteiger partial charge in [-0.15, -0.1) is 0 Å². The van der Waals surface area contributed by atoms with Crippen LogP contribution in [0.15, 0.2) is 47.4 Å². The third-order valence-electron chi connectivity index (χ3n) is 2.79. The number of pyridine rings is 1. The minimum absolute atomic E-state index is 0.0750. The van der Waals surface area contributed by atoms with Crippen LogP contribution in [0.1, 0.15) is 10.5 Å². The second kappa shape index (κ2) is 4.09. The van der Waals surface area contributed by atoms with Crippen molar-refractivity contribution in [2.75, 3.05) is 0 Å². The Balaban J connectivity index is 2.19. The highest BCUT2D eigenvalue weighted by Crippen LogP contribution is 2.12. The van der Waals surface area contributed by atoms with Gasteiger partial charge >= 0.3 is 5.97 Å². The van der Waals surface area contributed by atoms with Crippen molar-refractivity contribution in [3.8, 4) is 5.82 Å². The minimum atomic E-state index is -1.11. The van der Waals surface area contributed by atoms with Crippen molar-refractivity contribution in [3.05, 3.63) is 58.6 Å². The van der Waals surface area contributed by atoms with Gasteiger partial charge in [0.05, 0.1) is 0 Å². The fourth-order valence-electron chi connectivity index (χ4n) is 1.89. The Labute approximate surface area is 106 Å². The van der Waals surface area contributed by atoms with Gasteiger partial charge in [-0.1, -0.05) is 18.2 Å². The molecule has 19 heavy (non-hydrogen) atoms. The van der Waals surface area contributed by atoms with E-state index in [9.17, 15) is 9.59 Å². The van der Waals surface area contributed by atoms with E-state index in [1.807, 2.05) is 12.1 Å². The second-order valence-corrected chi connectivity index (χ2v) is 4.02. The molecule has 0 aliphatic carbocycles. The molecule has 0 bridgehead atoms. The van der Waals surface area contributed by atoms with Crippen LogP contribution in [0.25, 0.3) is 16.6 Å². The zero-order valence-electron chi connectivity index (χ0n) is 9.70. The monoisotopic (exact) mass is 255 g/mol. The number of carboxylic acids is 1. The summed E-state index contributed by atoms with van der Waals surface area (Å²) in [6.45, 7) is 0. The van der Waals surface area contributed by atoms with Crippen molar-refractivity contribution >= 4 is 16.7 Å². The van der Waals surface area contributed by atoms with E-state index >= 15 is 0 Å². The summed E-state index contributed by atoms with van der Waals surface area (Å²) in [5, 5.41) is 14.1. The molecule has 3 aromatic rings. The number of nitrogens with zero attached hydrogens (tertiary/aromatic N) is 2. The predicted octanol–water partition coefficient (Wildman–Crippen LogP) is 1.41. The molecule has 1 aromatic carbocycles. The van der Waals surface area contributed by atoms with E-state index < -0.39 is 5.97 Å². The molecular weight excluding hydrogens is 246 g/mol. The Morgan fingerprint density at radius 2 is 2.05 bits per heavy atom. The van der Waals surface area contributed by atoms with Gasteiger partial charge in [0.25, 0.3) is 5.56 Å². The van der Waals surface area contributed by atoms with Crippen LogP contribution in [-0.2, 0) is 0 Å². The van der Waals surface area contributed by atoms with Crippen LogP contribution in [0.5, 0.6) is 0 Å². The second-order valence-electron chi connectivity index (χ2n) is 4.02. The first kappa shape index (κ1) is 11.2. The van der Waals surface area contributed by atoms with E-state index in [4.69, 9.17) is 5.11 Å². The van der Waals surface area contributed by atoms with Crippen LogP contribution in [0.3, 0.4) is 0 Å².